The van der Waals surface area contributed by atoms with Gasteiger partial charge in [0.15, 0.2) is 0 Å². The second kappa shape index (κ2) is 6.94. The van der Waals surface area contributed by atoms with Gasteiger partial charge in [0.2, 0.25) is 0 Å². The molecule has 6 rings (SSSR count). The summed E-state index contributed by atoms with van der Waals surface area (Å²) in [6.45, 7) is 0. The molecule has 0 amide bonds. The Morgan fingerprint density at radius 3 is 1.13 bits per heavy atom. The number of rotatable bonds is 1. The fourth-order valence-electron chi connectivity index (χ4n) is 4.50. The van der Waals surface area contributed by atoms with Crippen LogP contribution in [0.2, 0.25) is 0 Å². The lowest BCUT2D eigenvalue weighted by Gasteiger charge is -2.13. The third kappa shape index (κ3) is 2.79. The second-order valence-corrected chi connectivity index (χ2v) is 9.39. The minimum absolute atomic E-state index is 1.13. The minimum atomic E-state index is 1.13. The lowest BCUT2D eigenvalue weighted by atomic mass is 9.91. The predicted octanol–water partition coefficient (Wildman–Crippen LogP) is 9.49. The van der Waals surface area contributed by atoms with Crippen molar-refractivity contribution in [2.75, 3.05) is 0 Å². The van der Waals surface area contributed by atoms with E-state index in [4.69, 9.17) is 0 Å². The topological polar surface area (TPSA) is 0 Å². The van der Waals surface area contributed by atoms with Crippen LogP contribution in [0.1, 0.15) is 0 Å². The van der Waals surface area contributed by atoms with Gasteiger partial charge in [-0.1, -0.05) is 92.5 Å². The number of hydrogen-bond acceptors (Lipinski definition) is 0. The summed E-state index contributed by atoms with van der Waals surface area (Å²) in [7, 11) is 0. The van der Waals surface area contributed by atoms with Crippen LogP contribution in [-0.4, -0.2) is 0 Å². The predicted molar refractivity (Wildman–Crippen MR) is 137 cm³/mol. The molecular formula is C28H16Br2. The number of halogens is 2. The first-order valence-corrected chi connectivity index (χ1v) is 11.5. The van der Waals surface area contributed by atoms with Gasteiger partial charge in [-0.15, -0.1) is 0 Å². The van der Waals surface area contributed by atoms with Gasteiger partial charge in [-0.05, 0) is 90.6 Å². The van der Waals surface area contributed by atoms with Gasteiger partial charge in [0, 0.05) is 8.95 Å². The molecule has 0 fully saturated rings. The van der Waals surface area contributed by atoms with Crippen LogP contribution in [0, 0.1) is 0 Å². The van der Waals surface area contributed by atoms with Gasteiger partial charge in [0.05, 0.1) is 0 Å². The SMILES string of the molecule is Brc1cccc2cc3c(-c4cccc5cc6c(Br)cccc6cc45)cccc3cc12. The maximum Gasteiger partial charge on any atom is 0.0253 e. The summed E-state index contributed by atoms with van der Waals surface area (Å²) in [5.41, 5.74) is 2.55. The van der Waals surface area contributed by atoms with Crippen LogP contribution < -0.4 is 0 Å². The highest BCUT2D eigenvalue weighted by Crippen LogP contribution is 2.38. The Hall–Kier alpha value is -2.68. The minimum Gasteiger partial charge on any atom is -0.0610 e. The Bertz CT molecular complexity index is 1490. The van der Waals surface area contributed by atoms with E-state index in [0.717, 1.165) is 8.95 Å². The maximum absolute atomic E-state index is 3.70. The van der Waals surface area contributed by atoms with Crippen molar-refractivity contribution in [1.29, 1.82) is 0 Å². The van der Waals surface area contributed by atoms with Crippen molar-refractivity contribution in [2.24, 2.45) is 0 Å². The summed E-state index contributed by atoms with van der Waals surface area (Å²) in [6, 6.07) is 35.2. The first-order valence-electron chi connectivity index (χ1n) is 9.91. The molecule has 0 aromatic heterocycles. The molecule has 0 saturated carbocycles. The lowest BCUT2D eigenvalue weighted by molar-refractivity contribution is 1.69. The molecule has 0 aliphatic heterocycles. The molecule has 0 heterocycles. The second-order valence-electron chi connectivity index (χ2n) is 7.68. The quantitative estimate of drug-likeness (QED) is 0.193. The van der Waals surface area contributed by atoms with Crippen LogP contribution in [0.25, 0.3) is 54.2 Å². The summed E-state index contributed by atoms with van der Waals surface area (Å²) in [6.07, 6.45) is 0. The highest BCUT2D eigenvalue weighted by atomic mass is 79.9. The summed E-state index contributed by atoms with van der Waals surface area (Å²) in [5.74, 6) is 0. The van der Waals surface area contributed by atoms with E-state index in [1.165, 1.54) is 54.2 Å². The molecule has 0 unspecified atom stereocenters. The zero-order valence-electron chi connectivity index (χ0n) is 16.0. The third-order valence-corrected chi connectivity index (χ3v) is 7.33. The summed E-state index contributed by atoms with van der Waals surface area (Å²) >= 11 is 7.41. The van der Waals surface area contributed by atoms with Crippen LogP contribution in [0.15, 0.2) is 106 Å². The molecule has 2 heteroatoms. The fourth-order valence-corrected chi connectivity index (χ4v) is 5.49. The molecule has 30 heavy (non-hydrogen) atoms. The van der Waals surface area contributed by atoms with Gasteiger partial charge in [0.1, 0.15) is 0 Å². The molecule has 0 radical (unpaired) electrons. The molecule has 0 spiro atoms. The van der Waals surface area contributed by atoms with Gasteiger partial charge in [-0.3, -0.25) is 0 Å². The number of fused-ring (bicyclic) bond motifs is 4. The van der Waals surface area contributed by atoms with Gasteiger partial charge in [0.25, 0.3) is 0 Å². The van der Waals surface area contributed by atoms with Crippen LogP contribution in [0.5, 0.6) is 0 Å². The van der Waals surface area contributed by atoms with E-state index >= 15 is 0 Å². The molecule has 0 aliphatic rings. The van der Waals surface area contributed by atoms with Gasteiger partial charge >= 0.3 is 0 Å². The van der Waals surface area contributed by atoms with E-state index < -0.39 is 0 Å². The molecule has 0 bridgehead atoms. The standard InChI is InChI=1S/C28H16Br2/c29-27-11-3-7-19-13-23-17(15-25(19)27)5-1-9-21(23)22-10-2-6-18-16-26-20(14-24(18)22)8-4-12-28(26)30/h1-16H. The van der Waals surface area contributed by atoms with E-state index in [-0.39, 0.29) is 0 Å². The van der Waals surface area contributed by atoms with Crippen LogP contribution in [0.3, 0.4) is 0 Å². The van der Waals surface area contributed by atoms with E-state index in [1.54, 1.807) is 0 Å². The van der Waals surface area contributed by atoms with Crippen molar-refractivity contribution in [3.63, 3.8) is 0 Å². The van der Waals surface area contributed by atoms with Gasteiger partial charge < -0.3 is 0 Å². The van der Waals surface area contributed by atoms with Crippen molar-refractivity contribution in [1.82, 2.24) is 0 Å². The Morgan fingerprint density at radius 1 is 0.367 bits per heavy atom. The molecule has 0 atom stereocenters. The molecular weight excluding hydrogens is 496 g/mol. The zero-order chi connectivity index (χ0) is 20.2. The summed E-state index contributed by atoms with van der Waals surface area (Å²) < 4.78 is 2.27. The molecule has 0 aliphatic carbocycles. The van der Waals surface area contributed by atoms with Gasteiger partial charge in [-0.25, -0.2) is 0 Å². The van der Waals surface area contributed by atoms with Crippen LogP contribution in [-0.2, 0) is 0 Å². The average molecular weight is 512 g/mol. The third-order valence-electron chi connectivity index (χ3n) is 5.94. The maximum atomic E-state index is 3.70. The van der Waals surface area contributed by atoms with E-state index in [9.17, 15) is 0 Å². The van der Waals surface area contributed by atoms with Crippen molar-refractivity contribution in [2.45, 2.75) is 0 Å². The van der Waals surface area contributed by atoms with Gasteiger partial charge in [-0.2, -0.15) is 0 Å². The highest BCUT2D eigenvalue weighted by Gasteiger charge is 2.11. The molecule has 0 saturated heterocycles. The highest BCUT2D eigenvalue weighted by molar-refractivity contribution is 9.11. The normalized spacial score (nSPS) is 11.7. The first kappa shape index (κ1) is 18.1. The van der Waals surface area contributed by atoms with Crippen molar-refractivity contribution in [3.8, 4) is 11.1 Å². The Balaban J connectivity index is 1.71. The Kier molecular flexibility index (Phi) is 4.19. The largest absolute Gasteiger partial charge is 0.0610 e. The monoisotopic (exact) mass is 510 g/mol. The van der Waals surface area contributed by atoms with E-state index in [0.29, 0.717) is 0 Å². The molecule has 142 valence electrons. The van der Waals surface area contributed by atoms with Crippen molar-refractivity contribution < 1.29 is 0 Å². The van der Waals surface area contributed by atoms with E-state index in [1.807, 2.05) is 0 Å². The Morgan fingerprint density at radius 2 is 0.700 bits per heavy atom. The number of benzene rings is 6. The lowest BCUT2D eigenvalue weighted by Crippen LogP contribution is -1.86. The van der Waals surface area contributed by atoms with E-state index in [2.05, 4.69) is 129 Å². The smallest absolute Gasteiger partial charge is 0.0253 e. The molecule has 0 N–H and O–H groups in total. The summed E-state index contributed by atoms with van der Waals surface area (Å²) in [4.78, 5) is 0. The molecule has 6 aromatic rings. The van der Waals surface area contributed by atoms with Crippen LogP contribution in [0.4, 0.5) is 0 Å². The first-order chi connectivity index (χ1) is 14.7. The summed E-state index contributed by atoms with van der Waals surface area (Å²) in [5, 5.41) is 10.1. The zero-order valence-corrected chi connectivity index (χ0v) is 19.2. The van der Waals surface area contributed by atoms with Crippen molar-refractivity contribution >= 4 is 74.9 Å². The Labute approximate surface area is 191 Å². The molecule has 6 aromatic carbocycles. The average Bonchev–Trinajstić information content (AvgIpc) is 2.77. The van der Waals surface area contributed by atoms with Crippen LogP contribution >= 0.6 is 31.9 Å². The van der Waals surface area contributed by atoms with Crippen molar-refractivity contribution in [3.05, 3.63) is 106 Å². The molecule has 0 nitrogen and oxygen atoms in total. The number of hydrogen-bond donors (Lipinski definition) is 0. The fraction of sp³-hybridized carbons (Fsp3) is 0.